The highest BCUT2D eigenvalue weighted by Gasteiger charge is 2.35. The summed E-state index contributed by atoms with van der Waals surface area (Å²) in [7, 11) is 0. The molecular weight excluding hydrogens is 238 g/mol. The second-order valence-corrected chi connectivity index (χ2v) is 6.70. The van der Waals surface area contributed by atoms with Crippen molar-refractivity contribution in [2.24, 2.45) is 17.3 Å². The van der Waals surface area contributed by atoms with Crippen molar-refractivity contribution in [1.29, 1.82) is 0 Å². The Labute approximate surface area is 115 Å². The lowest BCUT2D eigenvalue weighted by atomic mass is 9.68. The van der Waals surface area contributed by atoms with Crippen LogP contribution in [0.3, 0.4) is 0 Å². The normalized spacial score (nSPS) is 24.7. The van der Waals surface area contributed by atoms with Crippen LogP contribution in [0.15, 0.2) is 6.33 Å². The number of ketones is 1. The Hall–Kier alpha value is -1.19. The molecule has 0 aliphatic heterocycles. The van der Waals surface area contributed by atoms with Crippen molar-refractivity contribution in [3.8, 4) is 0 Å². The molecule has 1 aliphatic carbocycles. The van der Waals surface area contributed by atoms with E-state index in [4.69, 9.17) is 0 Å². The largest absolute Gasteiger partial charge is 0.299 e. The molecule has 4 nitrogen and oxygen atoms in total. The van der Waals surface area contributed by atoms with E-state index in [1.54, 1.807) is 6.33 Å². The first-order chi connectivity index (χ1) is 8.91. The highest BCUT2D eigenvalue weighted by atomic mass is 16.1. The second-order valence-electron chi connectivity index (χ2n) is 6.70. The molecule has 1 saturated carbocycles. The molecule has 2 rings (SSSR count). The zero-order valence-corrected chi connectivity index (χ0v) is 12.5. The monoisotopic (exact) mass is 263 g/mol. The maximum atomic E-state index is 12.1. The molecule has 2 atom stereocenters. The molecule has 4 heteroatoms. The van der Waals surface area contributed by atoms with E-state index in [2.05, 4.69) is 37.8 Å². The summed E-state index contributed by atoms with van der Waals surface area (Å²) in [5.74, 6) is 2.13. The summed E-state index contributed by atoms with van der Waals surface area (Å²) >= 11 is 0. The Morgan fingerprint density at radius 3 is 2.79 bits per heavy atom. The number of hydrogen-bond donors (Lipinski definition) is 0. The number of carbonyl (C=O) groups is 1. The predicted molar refractivity (Wildman–Crippen MR) is 74.7 cm³/mol. The SMILES string of the molecule is CCn1ncnc1CC1CC(C(C)(C)C)CCC1=O. The molecular formula is C15H25N3O. The summed E-state index contributed by atoms with van der Waals surface area (Å²) in [5, 5.41) is 4.19. The molecule has 0 radical (unpaired) electrons. The van der Waals surface area contributed by atoms with Crippen LogP contribution in [0.5, 0.6) is 0 Å². The van der Waals surface area contributed by atoms with Crippen molar-refractivity contribution in [2.75, 3.05) is 0 Å². The quantitative estimate of drug-likeness (QED) is 0.842. The Kier molecular flexibility index (Phi) is 4.07. The van der Waals surface area contributed by atoms with E-state index in [0.717, 1.165) is 38.1 Å². The van der Waals surface area contributed by atoms with Gasteiger partial charge in [-0.1, -0.05) is 20.8 Å². The van der Waals surface area contributed by atoms with Crippen LogP contribution in [0.25, 0.3) is 0 Å². The van der Waals surface area contributed by atoms with E-state index < -0.39 is 0 Å². The molecule has 1 aromatic heterocycles. The molecule has 2 unspecified atom stereocenters. The van der Waals surface area contributed by atoms with Crippen LogP contribution in [0.4, 0.5) is 0 Å². The van der Waals surface area contributed by atoms with Gasteiger partial charge in [0, 0.05) is 25.3 Å². The summed E-state index contributed by atoms with van der Waals surface area (Å²) in [4.78, 5) is 16.4. The summed E-state index contributed by atoms with van der Waals surface area (Å²) in [6, 6.07) is 0. The molecule has 0 saturated heterocycles. The van der Waals surface area contributed by atoms with Crippen molar-refractivity contribution in [3.63, 3.8) is 0 Å². The lowest BCUT2D eigenvalue weighted by molar-refractivity contribution is -0.126. The average Bonchev–Trinajstić information content (AvgIpc) is 2.77. The number of aromatic nitrogens is 3. The van der Waals surface area contributed by atoms with Crippen LogP contribution < -0.4 is 0 Å². The zero-order chi connectivity index (χ0) is 14.0. The molecule has 1 aliphatic rings. The number of rotatable bonds is 3. The standard InChI is InChI=1S/C15H25N3O/c1-5-18-14(16-10-17-18)9-11-8-12(15(2,3)4)6-7-13(11)19/h10-12H,5-9H2,1-4H3. The van der Waals surface area contributed by atoms with Crippen LogP contribution >= 0.6 is 0 Å². The smallest absolute Gasteiger partial charge is 0.138 e. The van der Waals surface area contributed by atoms with E-state index in [0.29, 0.717) is 11.7 Å². The summed E-state index contributed by atoms with van der Waals surface area (Å²) < 4.78 is 1.90. The van der Waals surface area contributed by atoms with Gasteiger partial charge in [0.15, 0.2) is 0 Å². The number of nitrogens with zero attached hydrogens (tertiary/aromatic N) is 3. The number of hydrogen-bond acceptors (Lipinski definition) is 3. The highest BCUT2D eigenvalue weighted by Crippen LogP contribution is 2.39. The lowest BCUT2D eigenvalue weighted by Crippen LogP contribution is -2.33. The van der Waals surface area contributed by atoms with Gasteiger partial charge in [-0.2, -0.15) is 5.10 Å². The third-order valence-electron chi connectivity index (χ3n) is 4.41. The minimum atomic E-state index is 0.132. The predicted octanol–water partition coefficient (Wildman–Crippen LogP) is 2.87. The summed E-state index contributed by atoms with van der Waals surface area (Å²) in [6.45, 7) is 9.70. The molecule has 1 fully saturated rings. The van der Waals surface area contributed by atoms with E-state index in [-0.39, 0.29) is 11.3 Å². The average molecular weight is 263 g/mol. The first-order valence-electron chi connectivity index (χ1n) is 7.31. The molecule has 0 amide bonds. The molecule has 106 valence electrons. The maximum Gasteiger partial charge on any atom is 0.138 e. The van der Waals surface area contributed by atoms with Gasteiger partial charge in [-0.25, -0.2) is 4.98 Å². The van der Waals surface area contributed by atoms with Crippen LogP contribution in [0.2, 0.25) is 0 Å². The minimum Gasteiger partial charge on any atom is -0.299 e. The number of aryl methyl sites for hydroxylation is 1. The Balaban J connectivity index is 2.08. The van der Waals surface area contributed by atoms with E-state index >= 15 is 0 Å². The third-order valence-corrected chi connectivity index (χ3v) is 4.41. The van der Waals surface area contributed by atoms with Crippen LogP contribution in [0.1, 0.15) is 52.8 Å². The van der Waals surface area contributed by atoms with Gasteiger partial charge in [-0.05, 0) is 31.1 Å². The second kappa shape index (κ2) is 5.43. The van der Waals surface area contributed by atoms with Gasteiger partial charge in [-0.15, -0.1) is 0 Å². The molecule has 1 heterocycles. The van der Waals surface area contributed by atoms with Gasteiger partial charge in [0.05, 0.1) is 0 Å². The number of carbonyl (C=O) groups excluding carboxylic acids is 1. The van der Waals surface area contributed by atoms with Gasteiger partial charge in [0.1, 0.15) is 17.9 Å². The third kappa shape index (κ3) is 3.23. The van der Waals surface area contributed by atoms with Gasteiger partial charge in [0.2, 0.25) is 0 Å². The zero-order valence-electron chi connectivity index (χ0n) is 12.5. The molecule has 19 heavy (non-hydrogen) atoms. The lowest BCUT2D eigenvalue weighted by Gasteiger charge is -2.36. The van der Waals surface area contributed by atoms with Crippen LogP contribution in [0, 0.1) is 17.3 Å². The molecule has 1 aromatic rings. The summed E-state index contributed by atoms with van der Waals surface area (Å²) in [5.41, 5.74) is 0.289. The number of Topliss-reactive ketones (excluding diaryl/α,β-unsaturated/α-hetero) is 1. The van der Waals surface area contributed by atoms with E-state index in [1.807, 2.05) is 4.68 Å². The van der Waals surface area contributed by atoms with E-state index in [9.17, 15) is 4.79 Å². The first-order valence-corrected chi connectivity index (χ1v) is 7.31. The maximum absolute atomic E-state index is 12.1. The Bertz CT molecular complexity index is 444. The first kappa shape index (κ1) is 14.2. The van der Waals surface area contributed by atoms with Crippen molar-refractivity contribution in [1.82, 2.24) is 14.8 Å². The minimum absolute atomic E-state index is 0.132. The van der Waals surface area contributed by atoms with Crippen LogP contribution in [-0.2, 0) is 17.8 Å². The topological polar surface area (TPSA) is 47.8 Å². The fraction of sp³-hybridized carbons (Fsp3) is 0.800. The van der Waals surface area contributed by atoms with Crippen molar-refractivity contribution in [2.45, 2.75) is 59.9 Å². The van der Waals surface area contributed by atoms with Gasteiger partial charge in [-0.3, -0.25) is 9.48 Å². The van der Waals surface area contributed by atoms with Gasteiger partial charge in [0.25, 0.3) is 0 Å². The molecule has 0 bridgehead atoms. The van der Waals surface area contributed by atoms with Crippen molar-refractivity contribution in [3.05, 3.63) is 12.2 Å². The molecule has 0 aromatic carbocycles. The Morgan fingerprint density at radius 2 is 2.16 bits per heavy atom. The highest BCUT2D eigenvalue weighted by molar-refractivity contribution is 5.81. The fourth-order valence-corrected chi connectivity index (χ4v) is 3.03. The van der Waals surface area contributed by atoms with Crippen molar-refractivity contribution < 1.29 is 4.79 Å². The van der Waals surface area contributed by atoms with Gasteiger partial charge >= 0.3 is 0 Å². The van der Waals surface area contributed by atoms with Crippen molar-refractivity contribution >= 4 is 5.78 Å². The van der Waals surface area contributed by atoms with E-state index in [1.165, 1.54) is 0 Å². The Morgan fingerprint density at radius 1 is 1.42 bits per heavy atom. The van der Waals surface area contributed by atoms with Crippen LogP contribution in [-0.4, -0.2) is 20.5 Å². The fourth-order valence-electron chi connectivity index (χ4n) is 3.03. The molecule has 0 spiro atoms. The summed E-state index contributed by atoms with van der Waals surface area (Å²) in [6.07, 6.45) is 5.11. The van der Waals surface area contributed by atoms with Gasteiger partial charge < -0.3 is 0 Å². The molecule has 0 N–H and O–H groups in total.